The van der Waals surface area contributed by atoms with E-state index in [-0.39, 0.29) is 11.9 Å². The minimum atomic E-state index is -0.753. The third-order valence-corrected chi connectivity index (χ3v) is 5.07. The first-order valence-electron chi connectivity index (χ1n) is 8.65. The second kappa shape index (κ2) is 7.79. The summed E-state index contributed by atoms with van der Waals surface area (Å²) in [6.07, 6.45) is 9.05. The normalized spacial score (nSPS) is 24.0. The van der Waals surface area contributed by atoms with E-state index in [1.165, 1.54) is 6.42 Å². The van der Waals surface area contributed by atoms with E-state index in [0.29, 0.717) is 0 Å². The molecule has 0 atom stereocenters. The number of likely N-dealkylation sites (tertiary alicyclic amines) is 1. The summed E-state index contributed by atoms with van der Waals surface area (Å²) in [5.41, 5.74) is -0.753. The molecule has 1 aliphatic heterocycles. The van der Waals surface area contributed by atoms with Crippen molar-refractivity contribution in [2.75, 3.05) is 19.6 Å². The molecule has 0 radical (unpaired) electrons. The molecule has 0 aromatic heterocycles. The lowest BCUT2D eigenvalue weighted by Crippen LogP contribution is -2.49. The van der Waals surface area contributed by atoms with Crippen LogP contribution < -0.4 is 5.32 Å². The number of nitriles is 1. The van der Waals surface area contributed by atoms with E-state index in [9.17, 15) is 10.1 Å². The molecule has 1 saturated carbocycles. The SMILES string of the molecule is CCCN1CCC(NC(=O)C2(C#N)CCCCCC2)CC1. The van der Waals surface area contributed by atoms with E-state index < -0.39 is 5.41 Å². The number of rotatable bonds is 4. The zero-order valence-electron chi connectivity index (χ0n) is 13.4. The molecule has 1 amide bonds. The summed E-state index contributed by atoms with van der Waals surface area (Å²) < 4.78 is 0. The Kier molecular flexibility index (Phi) is 6.05. The summed E-state index contributed by atoms with van der Waals surface area (Å²) in [5, 5.41) is 12.7. The Morgan fingerprint density at radius 3 is 2.38 bits per heavy atom. The second-order valence-corrected chi connectivity index (χ2v) is 6.70. The molecule has 4 heteroatoms. The monoisotopic (exact) mass is 291 g/mol. The number of hydrogen-bond donors (Lipinski definition) is 1. The maximum absolute atomic E-state index is 12.6. The molecule has 1 aliphatic carbocycles. The van der Waals surface area contributed by atoms with E-state index in [0.717, 1.165) is 71.0 Å². The maximum atomic E-state index is 12.6. The molecule has 118 valence electrons. The van der Waals surface area contributed by atoms with Gasteiger partial charge in [0, 0.05) is 19.1 Å². The lowest BCUT2D eigenvalue weighted by atomic mass is 9.80. The molecule has 4 nitrogen and oxygen atoms in total. The summed E-state index contributed by atoms with van der Waals surface area (Å²) in [5.74, 6) is 0.000779. The van der Waals surface area contributed by atoms with Crippen molar-refractivity contribution >= 4 is 5.91 Å². The molecule has 0 aromatic carbocycles. The third-order valence-electron chi connectivity index (χ3n) is 5.07. The molecule has 2 rings (SSSR count). The van der Waals surface area contributed by atoms with Crippen LogP contribution in [-0.2, 0) is 4.79 Å². The lowest BCUT2D eigenvalue weighted by Gasteiger charge is -2.34. The summed E-state index contributed by atoms with van der Waals surface area (Å²) in [6.45, 7) is 5.50. The highest BCUT2D eigenvalue weighted by atomic mass is 16.2. The number of carbonyl (C=O) groups excluding carboxylic acids is 1. The maximum Gasteiger partial charge on any atom is 0.240 e. The van der Waals surface area contributed by atoms with E-state index in [4.69, 9.17) is 0 Å². The van der Waals surface area contributed by atoms with Gasteiger partial charge in [0.25, 0.3) is 0 Å². The predicted molar refractivity (Wildman–Crippen MR) is 83.6 cm³/mol. The van der Waals surface area contributed by atoms with Gasteiger partial charge < -0.3 is 10.2 Å². The van der Waals surface area contributed by atoms with E-state index in [1.54, 1.807) is 0 Å². The molecule has 21 heavy (non-hydrogen) atoms. The van der Waals surface area contributed by atoms with Crippen molar-refractivity contribution in [3.63, 3.8) is 0 Å². The molecule has 0 aromatic rings. The van der Waals surface area contributed by atoms with Crippen molar-refractivity contribution in [3.8, 4) is 6.07 Å². The molecule has 1 heterocycles. The molecule has 2 fully saturated rings. The van der Waals surface area contributed by atoms with Gasteiger partial charge >= 0.3 is 0 Å². The van der Waals surface area contributed by atoms with Crippen LogP contribution in [0.1, 0.15) is 64.7 Å². The molecule has 0 bridgehead atoms. The van der Waals surface area contributed by atoms with Crippen LogP contribution in [0.5, 0.6) is 0 Å². The van der Waals surface area contributed by atoms with Crippen LogP contribution in [-0.4, -0.2) is 36.5 Å². The second-order valence-electron chi connectivity index (χ2n) is 6.70. The summed E-state index contributed by atoms with van der Waals surface area (Å²) in [6, 6.07) is 2.62. The molecule has 0 unspecified atom stereocenters. The number of hydrogen-bond acceptors (Lipinski definition) is 3. The molecule has 1 N–H and O–H groups in total. The van der Waals surface area contributed by atoms with Crippen LogP contribution in [0.3, 0.4) is 0 Å². The first-order chi connectivity index (χ1) is 10.2. The van der Waals surface area contributed by atoms with E-state index >= 15 is 0 Å². The topological polar surface area (TPSA) is 56.1 Å². The van der Waals surface area contributed by atoms with Crippen LogP contribution in [0, 0.1) is 16.7 Å². The van der Waals surface area contributed by atoms with Crippen LogP contribution >= 0.6 is 0 Å². The number of amides is 1. The van der Waals surface area contributed by atoms with Crippen molar-refractivity contribution < 1.29 is 4.79 Å². The Morgan fingerprint density at radius 2 is 1.86 bits per heavy atom. The lowest BCUT2D eigenvalue weighted by molar-refractivity contribution is -0.129. The van der Waals surface area contributed by atoms with Gasteiger partial charge in [0.15, 0.2) is 0 Å². The fourth-order valence-electron chi connectivity index (χ4n) is 3.66. The van der Waals surface area contributed by atoms with Crippen LogP contribution in [0.4, 0.5) is 0 Å². The van der Waals surface area contributed by atoms with Crippen LogP contribution in [0.15, 0.2) is 0 Å². The average Bonchev–Trinajstić information content (AvgIpc) is 2.76. The van der Waals surface area contributed by atoms with Gasteiger partial charge in [-0.05, 0) is 38.6 Å². The van der Waals surface area contributed by atoms with Gasteiger partial charge in [-0.1, -0.05) is 32.6 Å². The standard InChI is InChI=1S/C17H29N3O/c1-2-11-20-12-7-15(8-13-20)19-16(21)17(14-18)9-5-3-4-6-10-17/h15H,2-13H2,1H3,(H,19,21). The number of nitrogens with zero attached hydrogens (tertiary/aromatic N) is 2. The Morgan fingerprint density at radius 1 is 1.24 bits per heavy atom. The van der Waals surface area contributed by atoms with Crippen LogP contribution in [0.25, 0.3) is 0 Å². The smallest absolute Gasteiger partial charge is 0.240 e. The van der Waals surface area contributed by atoms with Crippen molar-refractivity contribution in [1.82, 2.24) is 10.2 Å². The largest absolute Gasteiger partial charge is 0.352 e. The molecule has 2 aliphatic rings. The molecule has 1 saturated heterocycles. The van der Waals surface area contributed by atoms with Gasteiger partial charge in [-0.15, -0.1) is 0 Å². The summed E-state index contributed by atoms with van der Waals surface area (Å²) in [7, 11) is 0. The fraction of sp³-hybridized carbons (Fsp3) is 0.882. The Balaban J connectivity index is 1.87. The van der Waals surface area contributed by atoms with Gasteiger partial charge in [0.1, 0.15) is 5.41 Å². The fourth-order valence-corrected chi connectivity index (χ4v) is 3.66. The van der Waals surface area contributed by atoms with Crippen molar-refractivity contribution in [3.05, 3.63) is 0 Å². The highest BCUT2D eigenvalue weighted by molar-refractivity contribution is 5.85. The van der Waals surface area contributed by atoms with Gasteiger partial charge in [-0.2, -0.15) is 5.26 Å². The van der Waals surface area contributed by atoms with Crippen molar-refractivity contribution in [2.24, 2.45) is 5.41 Å². The first kappa shape index (κ1) is 16.3. The van der Waals surface area contributed by atoms with Gasteiger partial charge in [0.05, 0.1) is 6.07 Å². The summed E-state index contributed by atoms with van der Waals surface area (Å²) >= 11 is 0. The zero-order chi connectivity index (χ0) is 15.1. The number of carbonyl (C=O) groups is 1. The minimum Gasteiger partial charge on any atom is -0.352 e. The van der Waals surface area contributed by atoms with E-state index in [1.807, 2.05) is 0 Å². The molecule has 0 spiro atoms. The Bertz CT molecular complexity index is 372. The number of nitrogens with one attached hydrogen (secondary N) is 1. The van der Waals surface area contributed by atoms with Gasteiger partial charge in [-0.3, -0.25) is 4.79 Å². The van der Waals surface area contributed by atoms with Crippen LogP contribution in [0.2, 0.25) is 0 Å². The number of piperidine rings is 1. The van der Waals surface area contributed by atoms with Gasteiger partial charge in [0.2, 0.25) is 5.91 Å². The highest BCUT2D eigenvalue weighted by Crippen LogP contribution is 2.35. The molecular weight excluding hydrogens is 262 g/mol. The Labute approximate surface area is 128 Å². The van der Waals surface area contributed by atoms with Crippen molar-refractivity contribution in [1.29, 1.82) is 5.26 Å². The van der Waals surface area contributed by atoms with Crippen molar-refractivity contribution in [2.45, 2.75) is 70.8 Å². The third kappa shape index (κ3) is 4.20. The first-order valence-corrected chi connectivity index (χ1v) is 8.65. The minimum absolute atomic E-state index is 0.000779. The molecular formula is C17H29N3O. The highest BCUT2D eigenvalue weighted by Gasteiger charge is 2.39. The van der Waals surface area contributed by atoms with Gasteiger partial charge in [-0.25, -0.2) is 0 Å². The summed E-state index contributed by atoms with van der Waals surface area (Å²) in [4.78, 5) is 15.1. The zero-order valence-corrected chi connectivity index (χ0v) is 13.4. The Hall–Kier alpha value is -1.08. The van der Waals surface area contributed by atoms with E-state index in [2.05, 4.69) is 23.2 Å². The predicted octanol–water partition coefficient (Wildman–Crippen LogP) is 2.84. The average molecular weight is 291 g/mol. The quantitative estimate of drug-likeness (QED) is 0.810.